The molecule has 2 amide bonds. The SMILES string of the molecule is Cc1ccc(-n2nc(-c3ccccc3)c3c2N(CC(N)=O)C(=O)CSC3c2ccccc2Cl)cc1. The van der Waals surface area contributed by atoms with Crippen molar-refractivity contribution in [2.75, 3.05) is 17.2 Å². The zero-order valence-electron chi connectivity index (χ0n) is 19.0. The van der Waals surface area contributed by atoms with Crippen molar-refractivity contribution in [1.82, 2.24) is 9.78 Å². The summed E-state index contributed by atoms with van der Waals surface area (Å²) in [6.07, 6.45) is 0. The molecular formula is C27H23ClN4O2S. The van der Waals surface area contributed by atoms with Crippen molar-refractivity contribution in [3.8, 4) is 16.9 Å². The van der Waals surface area contributed by atoms with Crippen LogP contribution in [-0.4, -0.2) is 33.9 Å². The van der Waals surface area contributed by atoms with E-state index in [9.17, 15) is 9.59 Å². The van der Waals surface area contributed by atoms with Gasteiger partial charge in [0, 0.05) is 16.1 Å². The maximum Gasteiger partial charge on any atom is 0.238 e. The third-order valence-electron chi connectivity index (χ3n) is 5.92. The highest BCUT2D eigenvalue weighted by Crippen LogP contribution is 2.49. The van der Waals surface area contributed by atoms with E-state index in [0.29, 0.717) is 10.8 Å². The first-order valence-electron chi connectivity index (χ1n) is 11.1. The van der Waals surface area contributed by atoms with E-state index in [4.69, 9.17) is 22.4 Å². The number of carbonyl (C=O) groups excluding carboxylic acids is 2. The first kappa shape index (κ1) is 23.2. The smallest absolute Gasteiger partial charge is 0.238 e. The van der Waals surface area contributed by atoms with Gasteiger partial charge in [0.05, 0.1) is 22.4 Å². The maximum absolute atomic E-state index is 13.4. The van der Waals surface area contributed by atoms with Crippen LogP contribution in [0.5, 0.6) is 0 Å². The molecule has 6 nitrogen and oxygen atoms in total. The number of fused-ring (bicyclic) bond motifs is 1. The molecule has 176 valence electrons. The van der Waals surface area contributed by atoms with E-state index >= 15 is 0 Å². The van der Waals surface area contributed by atoms with Gasteiger partial charge in [-0.25, -0.2) is 4.68 Å². The number of aromatic nitrogens is 2. The van der Waals surface area contributed by atoms with Crippen LogP contribution in [-0.2, 0) is 9.59 Å². The second-order valence-corrected chi connectivity index (χ2v) is 9.86. The van der Waals surface area contributed by atoms with Gasteiger partial charge < -0.3 is 5.73 Å². The van der Waals surface area contributed by atoms with E-state index in [1.54, 1.807) is 4.68 Å². The summed E-state index contributed by atoms with van der Waals surface area (Å²) in [5.74, 6) is -0.104. The highest BCUT2D eigenvalue weighted by Gasteiger charge is 2.38. The minimum absolute atomic E-state index is 0.167. The average Bonchev–Trinajstić information content (AvgIpc) is 3.18. The van der Waals surface area contributed by atoms with Crippen LogP contribution >= 0.6 is 23.4 Å². The predicted octanol–water partition coefficient (Wildman–Crippen LogP) is 5.16. The molecule has 1 aromatic heterocycles. The fourth-order valence-electron chi connectivity index (χ4n) is 4.28. The standard InChI is InChI=1S/C27H23ClN4O2S/c1-17-11-13-19(14-12-17)32-27-24(25(30-32)18-7-3-2-4-8-18)26(20-9-5-6-10-21(20)28)35-16-23(34)31(27)15-22(29)33/h2-14,26H,15-16H2,1H3,(H2,29,33). The lowest BCUT2D eigenvalue weighted by Crippen LogP contribution is -2.40. The van der Waals surface area contributed by atoms with Crippen LogP contribution in [0, 0.1) is 6.92 Å². The number of hydrogen-bond donors (Lipinski definition) is 1. The van der Waals surface area contributed by atoms with Crippen molar-refractivity contribution in [3.05, 3.63) is 101 Å². The van der Waals surface area contributed by atoms with Crippen molar-refractivity contribution >= 4 is 41.0 Å². The number of anilines is 1. The molecule has 0 spiro atoms. The van der Waals surface area contributed by atoms with Gasteiger partial charge in [-0.2, -0.15) is 5.10 Å². The van der Waals surface area contributed by atoms with Crippen LogP contribution in [0.15, 0.2) is 78.9 Å². The third kappa shape index (κ3) is 4.45. The normalized spacial score (nSPS) is 15.5. The molecule has 2 N–H and O–H groups in total. The Morgan fingerprint density at radius 2 is 1.74 bits per heavy atom. The second kappa shape index (κ2) is 9.60. The summed E-state index contributed by atoms with van der Waals surface area (Å²) in [5.41, 5.74) is 10.8. The number of benzene rings is 3. The summed E-state index contributed by atoms with van der Waals surface area (Å²) in [7, 11) is 0. The van der Waals surface area contributed by atoms with Gasteiger partial charge in [-0.15, -0.1) is 11.8 Å². The van der Waals surface area contributed by atoms with Gasteiger partial charge in [0.2, 0.25) is 11.8 Å². The zero-order chi connectivity index (χ0) is 24.5. The number of hydrogen-bond acceptors (Lipinski definition) is 4. The van der Waals surface area contributed by atoms with Gasteiger partial charge in [0.1, 0.15) is 12.4 Å². The fourth-order valence-corrected chi connectivity index (χ4v) is 5.83. The molecule has 35 heavy (non-hydrogen) atoms. The highest BCUT2D eigenvalue weighted by molar-refractivity contribution is 8.00. The fraction of sp³-hybridized carbons (Fsp3) is 0.148. The largest absolute Gasteiger partial charge is 0.368 e. The topological polar surface area (TPSA) is 81.2 Å². The first-order chi connectivity index (χ1) is 16.9. The molecule has 0 saturated heterocycles. The molecule has 0 radical (unpaired) electrons. The average molecular weight is 503 g/mol. The molecule has 0 fully saturated rings. The molecule has 2 heterocycles. The van der Waals surface area contributed by atoms with Gasteiger partial charge in [0.15, 0.2) is 0 Å². The summed E-state index contributed by atoms with van der Waals surface area (Å²) in [4.78, 5) is 26.9. The number of primary amides is 1. The molecule has 1 atom stereocenters. The number of amides is 2. The summed E-state index contributed by atoms with van der Waals surface area (Å²) in [5, 5.41) is 5.34. The third-order valence-corrected chi connectivity index (χ3v) is 7.50. The Hall–Kier alpha value is -3.55. The van der Waals surface area contributed by atoms with E-state index in [0.717, 1.165) is 33.6 Å². The monoisotopic (exact) mass is 502 g/mol. The number of nitrogens with zero attached hydrogens (tertiary/aromatic N) is 3. The molecule has 0 bridgehead atoms. The van der Waals surface area contributed by atoms with Gasteiger partial charge >= 0.3 is 0 Å². The van der Waals surface area contributed by atoms with Crippen molar-refractivity contribution < 1.29 is 9.59 Å². The molecule has 3 aromatic carbocycles. The van der Waals surface area contributed by atoms with E-state index in [2.05, 4.69) is 0 Å². The Labute approximate surface area is 212 Å². The number of thioether (sulfide) groups is 1. The van der Waals surface area contributed by atoms with Gasteiger partial charge in [-0.3, -0.25) is 14.5 Å². The zero-order valence-corrected chi connectivity index (χ0v) is 20.6. The summed E-state index contributed by atoms with van der Waals surface area (Å²) in [6, 6.07) is 25.3. The van der Waals surface area contributed by atoms with Crippen LogP contribution in [0.2, 0.25) is 5.02 Å². The number of nitrogens with two attached hydrogens (primary N) is 1. The lowest BCUT2D eigenvalue weighted by atomic mass is 9.99. The van der Waals surface area contributed by atoms with Gasteiger partial charge in [0.25, 0.3) is 0 Å². The molecular weight excluding hydrogens is 480 g/mol. The molecule has 1 aliphatic rings. The molecule has 5 rings (SSSR count). The van der Waals surface area contributed by atoms with Crippen LogP contribution < -0.4 is 10.6 Å². The number of aryl methyl sites for hydroxylation is 1. The lowest BCUT2D eigenvalue weighted by Gasteiger charge is -2.22. The molecule has 1 unspecified atom stereocenters. The minimum Gasteiger partial charge on any atom is -0.368 e. The molecule has 1 aliphatic heterocycles. The molecule has 0 aliphatic carbocycles. The highest BCUT2D eigenvalue weighted by atomic mass is 35.5. The number of carbonyl (C=O) groups is 2. The lowest BCUT2D eigenvalue weighted by molar-refractivity contribution is -0.121. The van der Waals surface area contributed by atoms with E-state index in [1.165, 1.54) is 16.7 Å². The number of rotatable bonds is 5. The van der Waals surface area contributed by atoms with Gasteiger partial charge in [-0.1, -0.05) is 77.8 Å². The van der Waals surface area contributed by atoms with Crippen molar-refractivity contribution in [2.45, 2.75) is 12.2 Å². The molecule has 8 heteroatoms. The van der Waals surface area contributed by atoms with Gasteiger partial charge in [-0.05, 0) is 30.7 Å². The van der Waals surface area contributed by atoms with Crippen LogP contribution in [0.1, 0.15) is 21.9 Å². The Balaban J connectivity index is 1.86. The van der Waals surface area contributed by atoms with Crippen molar-refractivity contribution in [3.63, 3.8) is 0 Å². The van der Waals surface area contributed by atoms with Crippen molar-refractivity contribution in [2.24, 2.45) is 5.73 Å². The minimum atomic E-state index is -0.594. The Morgan fingerprint density at radius 1 is 1.06 bits per heavy atom. The quantitative estimate of drug-likeness (QED) is 0.409. The maximum atomic E-state index is 13.4. The summed E-state index contributed by atoms with van der Waals surface area (Å²) >= 11 is 8.13. The van der Waals surface area contributed by atoms with Crippen LogP contribution in [0.4, 0.5) is 5.82 Å². The second-order valence-electron chi connectivity index (χ2n) is 8.36. The molecule has 4 aromatic rings. The van der Waals surface area contributed by atoms with E-state index in [1.807, 2.05) is 85.8 Å². The first-order valence-corrected chi connectivity index (χ1v) is 12.6. The van der Waals surface area contributed by atoms with E-state index < -0.39 is 5.91 Å². The predicted molar refractivity (Wildman–Crippen MR) is 141 cm³/mol. The Bertz CT molecular complexity index is 1400. The summed E-state index contributed by atoms with van der Waals surface area (Å²) in [6.45, 7) is 1.77. The van der Waals surface area contributed by atoms with E-state index in [-0.39, 0.29) is 23.5 Å². The van der Waals surface area contributed by atoms with Crippen LogP contribution in [0.3, 0.4) is 0 Å². The Kier molecular flexibility index (Phi) is 6.36. The summed E-state index contributed by atoms with van der Waals surface area (Å²) < 4.78 is 1.74. The van der Waals surface area contributed by atoms with Crippen LogP contribution in [0.25, 0.3) is 16.9 Å². The molecule has 0 saturated carbocycles. The Morgan fingerprint density at radius 3 is 2.43 bits per heavy atom. The van der Waals surface area contributed by atoms with Crippen molar-refractivity contribution in [1.29, 1.82) is 0 Å². The number of halogens is 1.